The lowest BCUT2D eigenvalue weighted by Gasteiger charge is -2.07. The molecular formula is C24H34N6. The summed E-state index contributed by atoms with van der Waals surface area (Å²) in [7, 11) is 0. The lowest BCUT2D eigenvalue weighted by molar-refractivity contribution is 0.615. The van der Waals surface area contributed by atoms with Gasteiger partial charge >= 0.3 is 0 Å². The van der Waals surface area contributed by atoms with Gasteiger partial charge in [-0.2, -0.15) is 0 Å². The first-order valence-electron chi connectivity index (χ1n) is 10.9. The smallest absolute Gasteiger partial charge is 0.0514 e. The summed E-state index contributed by atoms with van der Waals surface area (Å²) < 4.78 is 0. The van der Waals surface area contributed by atoms with Gasteiger partial charge in [0.15, 0.2) is 0 Å². The highest BCUT2D eigenvalue weighted by Gasteiger charge is 1.96. The van der Waals surface area contributed by atoms with Crippen LogP contribution in [0.5, 0.6) is 0 Å². The van der Waals surface area contributed by atoms with Crippen molar-refractivity contribution >= 4 is 12.4 Å². The van der Waals surface area contributed by atoms with E-state index in [1.165, 1.54) is 11.1 Å². The molecule has 4 aliphatic heterocycles. The highest BCUT2D eigenvalue weighted by atomic mass is 15.0. The minimum atomic E-state index is 0.791. The highest BCUT2D eigenvalue weighted by molar-refractivity contribution is 5.80. The molecule has 0 fully saturated rings. The molecule has 4 N–H and O–H groups in total. The van der Waals surface area contributed by atoms with Gasteiger partial charge in [0, 0.05) is 64.8 Å². The minimum Gasteiger partial charge on any atom is -0.314 e. The third kappa shape index (κ3) is 8.97. The molecule has 0 radical (unpaired) electrons. The molecule has 2 aromatic rings. The van der Waals surface area contributed by atoms with Crippen LogP contribution in [0.25, 0.3) is 0 Å². The van der Waals surface area contributed by atoms with Gasteiger partial charge in [0.05, 0.1) is 13.1 Å². The Balaban J connectivity index is 1.48. The van der Waals surface area contributed by atoms with Crippen molar-refractivity contribution in [2.24, 2.45) is 9.98 Å². The molecule has 0 aromatic heterocycles. The van der Waals surface area contributed by atoms with Crippen molar-refractivity contribution in [2.45, 2.75) is 13.1 Å². The third-order valence-corrected chi connectivity index (χ3v) is 4.89. The van der Waals surface area contributed by atoms with Gasteiger partial charge in [-0.05, 0) is 22.3 Å². The van der Waals surface area contributed by atoms with Crippen LogP contribution in [0.4, 0.5) is 0 Å². The zero-order valence-corrected chi connectivity index (χ0v) is 17.7. The summed E-state index contributed by atoms with van der Waals surface area (Å²) in [6, 6.07) is 17.2. The molecule has 6 nitrogen and oxygen atoms in total. The molecule has 4 aliphatic rings. The summed E-state index contributed by atoms with van der Waals surface area (Å²) >= 11 is 0. The van der Waals surface area contributed by atoms with Gasteiger partial charge in [-0.3, -0.25) is 9.98 Å². The third-order valence-electron chi connectivity index (χ3n) is 4.89. The van der Waals surface area contributed by atoms with Gasteiger partial charge in [0.2, 0.25) is 0 Å². The average Bonchev–Trinajstić information content (AvgIpc) is 2.78. The summed E-state index contributed by atoms with van der Waals surface area (Å²) in [4.78, 5) is 9.02. The van der Waals surface area contributed by atoms with Crippen molar-refractivity contribution in [3.8, 4) is 0 Å². The van der Waals surface area contributed by atoms with Crippen LogP contribution < -0.4 is 21.3 Å². The molecule has 6 heteroatoms. The van der Waals surface area contributed by atoms with Gasteiger partial charge < -0.3 is 21.3 Å². The van der Waals surface area contributed by atoms with Crippen molar-refractivity contribution in [3.63, 3.8) is 0 Å². The fourth-order valence-electron chi connectivity index (χ4n) is 3.14. The Morgan fingerprint density at radius 1 is 0.467 bits per heavy atom. The summed E-state index contributed by atoms with van der Waals surface area (Å²) in [5, 5.41) is 13.8. The van der Waals surface area contributed by atoms with Crippen LogP contribution in [0.15, 0.2) is 58.5 Å². The Hall–Kier alpha value is -2.38. The minimum absolute atomic E-state index is 0.791. The number of aliphatic imine (C=N–C) groups is 2. The topological polar surface area (TPSA) is 72.8 Å². The second-order valence-electron chi connectivity index (χ2n) is 7.41. The van der Waals surface area contributed by atoms with Crippen LogP contribution in [0.3, 0.4) is 0 Å². The van der Waals surface area contributed by atoms with E-state index in [1.54, 1.807) is 0 Å². The molecule has 0 atom stereocenters. The fraction of sp³-hybridized carbons (Fsp3) is 0.417. The highest BCUT2D eigenvalue weighted by Crippen LogP contribution is 2.03. The normalized spacial score (nSPS) is 17.9. The van der Waals surface area contributed by atoms with Crippen molar-refractivity contribution in [1.29, 1.82) is 0 Å². The lowest BCUT2D eigenvalue weighted by Crippen LogP contribution is -2.28. The molecule has 0 amide bonds. The van der Waals surface area contributed by atoms with E-state index in [-0.39, 0.29) is 0 Å². The molecule has 4 heterocycles. The Labute approximate surface area is 180 Å². The van der Waals surface area contributed by atoms with Crippen LogP contribution in [-0.4, -0.2) is 64.8 Å². The van der Waals surface area contributed by atoms with E-state index in [0.717, 1.165) is 76.6 Å². The Morgan fingerprint density at radius 2 is 0.867 bits per heavy atom. The van der Waals surface area contributed by atoms with E-state index in [1.807, 2.05) is 12.4 Å². The number of hydrogen-bond donors (Lipinski definition) is 4. The van der Waals surface area contributed by atoms with Gasteiger partial charge in [-0.15, -0.1) is 0 Å². The Bertz CT molecular complexity index is 700. The molecule has 2 aromatic carbocycles. The average molecular weight is 407 g/mol. The second kappa shape index (κ2) is 13.8. The standard InChI is InChI=1S/C24H34N6/c1-2-22-4-3-21(1)17-27-13-9-25-11-15-29-19-23-5-7-24(8-6-23)20-30-16-12-26-10-14-28-18-22/h1-8,17,20,25-26,28-29H,9-16,18-19H2. The molecule has 0 unspecified atom stereocenters. The number of nitrogens with zero attached hydrogens (tertiary/aromatic N) is 2. The van der Waals surface area contributed by atoms with Gasteiger partial charge in [0.25, 0.3) is 0 Å². The second-order valence-corrected chi connectivity index (χ2v) is 7.41. The van der Waals surface area contributed by atoms with E-state index in [4.69, 9.17) is 0 Å². The Morgan fingerprint density at radius 3 is 1.30 bits per heavy atom. The molecule has 0 saturated carbocycles. The molecule has 0 aliphatic carbocycles. The molecule has 6 rings (SSSR count). The lowest BCUT2D eigenvalue weighted by atomic mass is 10.1. The quantitative estimate of drug-likeness (QED) is 0.536. The predicted molar refractivity (Wildman–Crippen MR) is 127 cm³/mol. The molecule has 4 bridgehead atoms. The van der Waals surface area contributed by atoms with E-state index in [0.29, 0.717) is 0 Å². The number of nitrogens with one attached hydrogen (secondary N) is 4. The maximum atomic E-state index is 4.51. The molecule has 0 saturated heterocycles. The van der Waals surface area contributed by atoms with Crippen LogP contribution in [0.2, 0.25) is 0 Å². The van der Waals surface area contributed by atoms with Crippen LogP contribution in [0, 0.1) is 0 Å². The number of rotatable bonds is 0. The van der Waals surface area contributed by atoms with Crippen molar-refractivity contribution < 1.29 is 0 Å². The number of benzene rings is 2. The molecule has 160 valence electrons. The van der Waals surface area contributed by atoms with Crippen molar-refractivity contribution in [1.82, 2.24) is 21.3 Å². The van der Waals surface area contributed by atoms with E-state index < -0.39 is 0 Å². The van der Waals surface area contributed by atoms with Crippen LogP contribution in [-0.2, 0) is 13.1 Å². The molecule has 0 spiro atoms. The van der Waals surface area contributed by atoms with E-state index >= 15 is 0 Å². The predicted octanol–water partition coefficient (Wildman–Crippen LogP) is 1.60. The summed E-state index contributed by atoms with van der Waals surface area (Å²) in [5.74, 6) is 0. The van der Waals surface area contributed by atoms with E-state index in [9.17, 15) is 0 Å². The zero-order valence-electron chi connectivity index (χ0n) is 17.7. The Kier molecular flexibility index (Phi) is 10.2. The SMILES string of the molecule is C1=NCCNCCNCc2ccc(cc2)C=NCCNCCNCc2ccc1cc2. The largest absolute Gasteiger partial charge is 0.314 e. The zero-order chi connectivity index (χ0) is 20.7. The summed E-state index contributed by atoms with van der Waals surface area (Å²) in [6.07, 6.45) is 3.91. The first kappa shape index (κ1) is 22.3. The maximum Gasteiger partial charge on any atom is 0.0514 e. The monoisotopic (exact) mass is 406 g/mol. The van der Waals surface area contributed by atoms with Crippen LogP contribution in [0.1, 0.15) is 22.3 Å². The molecular weight excluding hydrogens is 372 g/mol. The van der Waals surface area contributed by atoms with Crippen LogP contribution >= 0.6 is 0 Å². The van der Waals surface area contributed by atoms with Crippen molar-refractivity contribution in [2.75, 3.05) is 52.4 Å². The fourth-order valence-corrected chi connectivity index (χ4v) is 3.14. The van der Waals surface area contributed by atoms with Gasteiger partial charge in [-0.1, -0.05) is 48.5 Å². The maximum absolute atomic E-state index is 4.51. The van der Waals surface area contributed by atoms with E-state index in [2.05, 4.69) is 79.8 Å². The van der Waals surface area contributed by atoms with Gasteiger partial charge in [-0.25, -0.2) is 0 Å². The summed E-state index contributed by atoms with van der Waals surface area (Å²) in [6.45, 7) is 8.89. The summed E-state index contributed by atoms with van der Waals surface area (Å²) in [5.41, 5.74) is 4.88. The van der Waals surface area contributed by atoms with Gasteiger partial charge in [0.1, 0.15) is 0 Å². The molecule has 30 heavy (non-hydrogen) atoms. The van der Waals surface area contributed by atoms with Crippen molar-refractivity contribution in [3.05, 3.63) is 70.8 Å². The first-order chi connectivity index (χ1) is 14.9. The number of hydrogen-bond acceptors (Lipinski definition) is 6. The first-order valence-corrected chi connectivity index (χ1v) is 10.9.